The number of hydrogen-bond acceptors (Lipinski definition) is 4. The number of halogens is 1. The minimum atomic E-state index is -2.77. The predicted octanol–water partition coefficient (Wildman–Crippen LogP) is 15.2. The third-order valence-electron chi connectivity index (χ3n) is 18.4. The van der Waals surface area contributed by atoms with Gasteiger partial charge in [-0.15, -0.1) is 0 Å². The van der Waals surface area contributed by atoms with Gasteiger partial charge in [0, 0.05) is 27.4 Å². The first-order valence-corrected chi connectivity index (χ1v) is 34.4. The van der Waals surface area contributed by atoms with Crippen molar-refractivity contribution >= 4 is 114 Å². The lowest BCUT2D eigenvalue weighted by atomic mass is 9.73. The Hall–Kier alpha value is -9.00. The average molecular weight is 1240 g/mol. The first-order chi connectivity index (χ1) is 41.6. The fourth-order valence-electron chi connectivity index (χ4n) is 14.6. The number of fused-ring (bicyclic) bond motifs is 8. The molecule has 0 bridgehead atoms. The Balaban J connectivity index is 0.000000144. The lowest BCUT2D eigenvalue weighted by Gasteiger charge is -2.43. The van der Waals surface area contributed by atoms with E-state index in [9.17, 15) is 0 Å². The molecule has 4 nitrogen and oxygen atoms in total. The highest BCUT2D eigenvalue weighted by Gasteiger charge is 2.51. The maximum atomic E-state index is 6.83. The zero-order chi connectivity index (χ0) is 57.5. The molecular weight excluding hydrogens is 1180 g/mol. The highest BCUT2D eigenvalue weighted by molar-refractivity contribution is 14.1. The molecule has 0 saturated heterocycles. The molecule has 0 N–H and O–H groups in total. The van der Waals surface area contributed by atoms with Gasteiger partial charge in [0.05, 0.1) is 26.3 Å². The molecular formula is C78H61IN2O2Si2. The maximum Gasteiger partial charge on any atom is 0.188 e. The van der Waals surface area contributed by atoms with E-state index in [2.05, 4.69) is 357 Å². The maximum absolute atomic E-state index is 6.83. The van der Waals surface area contributed by atoms with E-state index < -0.39 is 16.1 Å². The van der Waals surface area contributed by atoms with E-state index in [1.54, 1.807) is 0 Å². The number of para-hydroxylation sites is 6. The molecule has 12 aromatic carbocycles. The Kier molecular flexibility index (Phi) is 12.8. The van der Waals surface area contributed by atoms with Crippen LogP contribution in [0.4, 0.5) is 34.1 Å². The summed E-state index contributed by atoms with van der Waals surface area (Å²) in [6.45, 7) is 9.35. The summed E-state index contributed by atoms with van der Waals surface area (Å²) in [4.78, 5) is 4.92. The smallest absolute Gasteiger partial charge is 0.188 e. The van der Waals surface area contributed by atoms with Crippen molar-refractivity contribution in [3.63, 3.8) is 0 Å². The summed E-state index contributed by atoms with van der Waals surface area (Å²) in [5.41, 5.74) is 12.3. The fourth-order valence-corrected chi connectivity index (χ4v) is 25.5. The van der Waals surface area contributed by atoms with Crippen molar-refractivity contribution < 1.29 is 9.47 Å². The van der Waals surface area contributed by atoms with Crippen LogP contribution in [-0.4, -0.2) is 16.1 Å². The fraction of sp³-hybridized carbons (Fsp3) is 0.0769. The van der Waals surface area contributed by atoms with Crippen LogP contribution in [0.2, 0.25) is 0 Å². The van der Waals surface area contributed by atoms with E-state index >= 15 is 0 Å². The summed E-state index contributed by atoms with van der Waals surface area (Å²) >= 11 is 2.50. The van der Waals surface area contributed by atoms with E-state index in [-0.39, 0.29) is 10.8 Å². The van der Waals surface area contributed by atoms with Crippen LogP contribution in [0.3, 0.4) is 0 Å². The van der Waals surface area contributed by atoms with Crippen LogP contribution < -0.4 is 60.8 Å². The second-order valence-electron chi connectivity index (χ2n) is 23.6. The van der Waals surface area contributed by atoms with Crippen molar-refractivity contribution in [2.75, 3.05) is 9.80 Å². The SMILES string of the molecule is CC1(C)c2ccccc2N(c2cc(I)c3c(c2)[Si](c2ccccc2)(c2ccccc2)c2ccccc2O3)c2ccccc21.CC1(C)c2ccccc2N(c2ccc3c(c2)[Si](c2ccccc2)(c2ccccc2)c2ccccc2O3)c2ccccc21. The van der Waals surface area contributed by atoms with Crippen LogP contribution in [0.1, 0.15) is 49.9 Å². The molecule has 0 spiro atoms. The molecule has 4 heterocycles. The second kappa shape index (κ2) is 20.7. The van der Waals surface area contributed by atoms with Gasteiger partial charge in [-0.25, -0.2) is 0 Å². The first kappa shape index (κ1) is 52.8. The number of rotatable bonds is 6. The molecule has 12 aromatic rings. The summed E-state index contributed by atoms with van der Waals surface area (Å²) in [5.74, 6) is 3.82. The number of nitrogens with zero attached hydrogens (tertiary/aromatic N) is 2. The van der Waals surface area contributed by atoms with Gasteiger partial charge < -0.3 is 19.3 Å². The van der Waals surface area contributed by atoms with E-state index in [4.69, 9.17) is 9.47 Å². The zero-order valence-electron chi connectivity index (χ0n) is 47.9. The van der Waals surface area contributed by atoms with Gasteiger partial charge in [0.25, 0.3) is 0 Å². The molecule has 0 saturated carbocycles. The van der Waals surface area contributed by atoms with Gasteiger partial charge in [-0.3, -0.25) is 0 Å². The molecule has 0 aromatic heterocycles. The average Bonchev–Trinajstić information content (AvgIpc) is 0.917. The predicted molar refractivity (Wildman–Crippen MR) is 367 cm³/mol. The summed E-state index contributed by atoms with van der Waals surface area (Å²) in [6.07, 6.45) is 0. The minimum Gasteiger partial charge on any atom is -0.458 e. The molecule has 7 heteroatoms. The van der Waals surface area contributed by atoms with Gasteiger partial charge in [0.15, 0.2) is 16.1 Å². The Morgan fingerprint density at radius 3 is 1.04 bits per heavy atom. The van der Waals surface area contributed by atoms with Crippen LogP contribution in [0, 0.1) is 3.57 Å². The molecule has 16 rings (SSSR count). The summed E-state index contributed by atoms with van der Waals surface area (Å²) in [6, 6.07) is 109. The first-order valence-electron chi connectivity index (χ1n) is 29.3. The minimum absolute atomic E-state index is 0.105. The highest BCUT2D eigenvalue weighted by atomic mass is 127. The molecule has 0 aliphatic carbocycles. The van der Waals surface area contributed by atoms with Gasteiger partial charge in [0.2, 0.25) is 0 Å². The van der Waals surface area contributed by atoms with Crippen LogP contribution in [0.15, 0.2) is 297 Å². The van der Waals surface area contributed by atoms with E-state index in [1.807, 2.05) is 0 Å². The van der Waals surface area contributed by atoms with Crippen molar-refractivity contribution in [2.24, 2.45) is 0 Å². The van der Waals surface area contributed by atoms with Crippen LogP contribution in [0.5, 0.6) is 23.0 Å². The molecule has 0 fully saturated rings. The van der Waals surface area contributed by atoms with Crippen molar-refractivity contribution in [1.29, 1.82) is 0 Å². The van der Waals surface area contributed by atoms with Gasteiger partial charge in [-0.1, -0.05) is 258 Å². The van der Waals surface area contributed by atoms with Crippen LogP contribution in [-0.2, 0) is 10.8 Å². The lowest BCUT2D eigenvalue weighted by molar-refractivity contribution is 0.483. The molecule has 85 heavy (non-hydrogen) atoms. The summed E-state index contributed by atoms with van der Waals surface area (Å²) in [7, 11) is -5.50. The summed E-state index contributed by atoms with van der Waals surface area (Å²) in [5, 5.41) is 10.5. The lowest BCUT2D eigenvalue weighted by Crippen LogP contribution is -2.76. The Labute approximate surface area is 514 Å². The number of benzene rings is 12. The van der Waals surface area contributed by atoms with Gasteiger partial charge in [-0.05, 0) is 148 Å². The van der Waals surface area contributed by atoms with Gasteiger partial charge >= 0.3 is 0 Å². The van der Waals surface area contributed by atoms with Crippen LogP contribution >= 0.6 is 22.6 Å². The van der Waals surface area contributed by atoms with Gasteiger partial charge in [0.1, 0.15) is 23.0 Å². The number of anilines is 6. The third kappa shape index (κ3) is 8.11. The Morgan fingerprint density at radius 2 is 0.612 bits per heavy atom. The van der Waals surface area contributed by atoms with Gasteiger partial charge in [-0.2, -0.15) is 0 Å². The molecule has 0 radical (unpaired) electrons. The molecule has 0 atom stereocenters. The Bertz CT molecular complexity index is 4350. The highest BCUT2D eigenvalue weighted by Crippen LogP contribution is 2.54. The number of ether oxygens (including phenoxy) is 2. The van der Waals surface area contributed by atoms with E-state index in [0.29, 0.717) is 0 Å². The topological polar surface area (TPSA) is 24.9 Å². The van der Waals surface area contributed by atoms with E-state index in [1.165, 1.54) is 86.5 Å². The molecule has 410 valence electrons. The van der Waals surface area contributed by atoms with Crippen LogP contribution in [0.25, 0.3) is 0 Å². The molecule has 0 unspecified atom stereocenters. The van der Waals surface area contributed by atoms with Crippen molar-refractivity contribution in [3.8, 4) is 23.0 Å². The molecule has 4 aliphatic heterocycles. The number of hydrogen-bond donors (Lipinski definition) is 0. The zero-order valence-corrected chi connectivity index (χ0v) is 52.0. The second-order valence-corrected chi connectivity index (χ2v) is 32.3. The van der Waals surface area contributed by atoms with Crippen molar-refractivity contribution in [1.82, 2.24) is 0 Å². The third-order valence-corrected chi connectivity index (χ3v) is 28.8. The monoisotopic (exact) mass is 1240 g/mol. The quantitative estimate of drug-likeness (QED) is 0.122. The normalized spacial score (nSPS) is 15.4. The Morgan fingerprint density at radius 1 is 0.294 bits per heavy atom. The summed E-state index contributed by atoms with van der Waals surface area (Å²) < 4.78 is 14.6. The van der Waals surface area contributed by atoms with E-state index in [0.717, 1.165) is 37.9 Å². The van der Waals surface area contributed by atoms with Crippen molar-refractivity contribution in [3.05, 3.63) is 323 Å². The largest absolute Gasteiger partial charge is 0.458 e. The molecule has 4 aliphatic rings. The molecule has 0 amide bonds. The van der Waals surface area contributed by atoms with Crippen molar-refractivity contribution in [2.45, 2.75) is 38.5 Å². The standard InChI is InChI=1S/C39H30INOSi.C39H31NOSi/c1-39(2)30-19-9-11-21-33(30)41(34-22-12-10-20-31(34)39)27-25-32(40)38-37(26-27)43(28-15-5-3-6-16-28,29-17-7-4-8-18-29)36-24-14-13-23-35(36)42-38;1-39(2)31-19-9-11-21-33(31)40(34-22-12-10-20-32(34)39)28-25-26-36-38(27-28)42(29-15-5-3-6-16-29,30-17-7-4-8-18-30)37-24-14-13-23-35(37)41-36/h3-26H,1-2H3;3-27H,1-2H3.